The Morgan fingerprint density at radius 1 is 0.955 bits per heavy atom. The van der Waals surface area contributed by atoms with E-state index in [4.69, 9.17) is 0 Å². The predicted octanol–water partition coefficient (Wildman–Crippen LogP) is -0.346. The first-order valence-corrected chi connectivity index (χ1v) is 9.81. The van der Waals surface area contributed by atoms with Crippen molar-refractivity contribution in [1.82, 2.24) is 14.4 Å². The Morgan fingerprint density at radius 2 is 1.55 bits per heavy atom. The van der Waals surface area contributed by atoms with Crippen molar-refractivity contribution in [2.24, 2.45) is 0 Å². The van der Waals surface area contributed by atoms with Crippen LogP contribution >= 0.6 is 0 Å². The van der Waals surface area contributed by atoms with Crippen molar-refractivity contribution in [2.45, 2.75) is 25.0 Å². The zero-order chi connectivity index (χ0) is 15.6. The Balaban J connectivity index is 1.60. The molecule has 0 unspecified atom stereocenters. The largest absolute Gasteiger partial charge is 0.395 e. The molecule has 22 heavy (non-hydrogen) atoms. The van der Waals surface area contributed by atoms with Gasteiger partial charge >= 0.3 is 0 Å². The van der Waals surface area contributed by atoms with Crippen molar-refractivity contribution in [2.75, 3.05) is 44.3 Å². The highest BCUT2D eigenvalue weighted by Crippen LogP contribution is 2.26. The molecule has 1 aromatic heterocycles. The number of hydrogen-bond donors (Lipinski definition) is 1. The summed E-state index contributed by atoms with van der Waals surface area (Å²) in [5.74, 6) is 0.509. The van der Waals surface area contributed by atoms with Crippen molar-refractivity contribution in [3.05, 3.63) is 24.5 Å². The van der Waals surface area contributed by atoms with Crippen LogP contribution in [0.5, 0.6) is 0 Å². The standard InChI is InChI=1S/C15H25N3O3S/c19-11-10-18-9-8-17(7-3-6-16-4-1-2-5-16)14-12-22(20,21)13-15(14)18/h1-2,4-5,14-15,19H,3,6-13H2/t14-,15+/m1/s1. The van der Waals surface area contributed by atoms with E-state index in [-0.39, 0.29) is 30.2 Å². The minimum Gasteiger partial charge on any atom is -0.395 e. The van der Waals surface area contributed by atoms with Crippen molar-refractivity contribution in [3.8, 4) is 0 Å². The monoisotopic (exact) mass is 327 g/mol. The SMILES string of the molecule is O=S1(=O)C[C@@H]2[C@H](C1)N(CCO)CCN2CCCn1cccc1. The Labute approximate surface area is 132 Å². The smallest absolute Gasteiger partial charge is 0.153 e. The number of sulfone groups is 1. The second-order valence-corrected chi connectivity index (χ2v) is 8.44. The van der Waals surface area contributed by atoms with E-state index < -0.39 is 9.84 Å². The normalized spacial score (nSPS) is 28.8. The molecular weight excluding hydrogens is 302 g/mol. The Morgan fingerprint density at radius 3 is 2.14 bits per heavy atom. The molecule has 0 aliphatic carbocycles. The van der Waals surface area contributed by atoms with Gasteiger partial charge in [-0.05, 0) is 18.6 Å². The van der Waals surface area contributed by atoms with Gasteiger partial charge in [0.25, 0.3) is 0 Å². The van der Waals surface area contributed by atoms with Gasteiger partial charge in [-0.2, -0.15) is 0 Å². The van der Waals surface area contributed by atoms with Gasteiger partial charge in [0.1, 0.15) is 0 Å². The van der Waals surface area contributed by atoms with Crippen molar-refractivity contribution >= 4 is 9.84 Å². The third-order valence-corrected chi connectivity index (χ3v) is 6.52. The van der Waals surface area contributed by atoms with Crippen LogP contribution < -0.4 is 0 Å². The number of fused-ring (bicyclic) bond motifs is 1. The summed E-state index contributed by atoms with van der Waals surface area (Å²) >= 11 is 0. The number of piperazine rings is 1. The lowest BCUT2D eigenvalue weighted by Crippen LogP contribution is -2.59. The summed E-state index contributed by atoms with van der Waals surface area (Å²) in [7, 11) is -2.95. The fraction of sp³-hybridized carbons (Fsp3) is 0.733. The zero-order valence-electron chi connectivity index (χ0n) is 12.8. The Hall–Kier alpha value is -0.890. The number of hydrogen-bond acceptors (Lipinski definition) is 5. The molecular formula is C15H25N3O3S. The molecule has 6 nitrogen and oxygen atoms in total. The highest BCUT2D eigenvalue weighted by Gasteiger charge is 2.45. The van der Waals surface area contributed by atoms with Gasteiger partial charge in [-0.1, -0.05) is 0 Å². The number of β-amino-alcohol motifs (C(OH)–C–C–N with tert-alkyl or cyclic N) is 1. The van der Waals surface area contributed by atoms with Crippen LogP contribution in [0.2, 0.25) is 0 Å². The number of aliphatic hydroxyl groups is 1. The number of aromatic nitrogens is 1. The van der Waals surface area contributed by atoms with Gasteiger partial charge in [-0.15, -0.1) is 0 Å². The van der Waals surface area contributed by atoms with Crippen LogP contribution in [0.25, 0.3) is 0 Å². The van der Waals surface area contributed by atoms with Gasteiger partial charge in [-0.3, -0.25) is 9.80 Å². The van der Waals surface area contributed by atoms with E-state index in [0.717, 1.165) is 32.6 Å². The second-order valence-electron chi connectivity index (χ2n) is 6.28. The van der Waals surface area contributed by atoms with E-state index in [9.17, 15) is 13.5 Å². The molecule has 2 aliphatic rings. The molecule has 1 aromatic rings. The third-order valence-electron chi connectivity index (χ3n) is 4.82. The molecule has 0 aromatic carbocycles. The van der Waals surface area contributed by atoms with Crippen LogP contribution in [-0.4, -0.2) is 84.3 Å². The lowest BCUT2D eigenvalue weighted by atomic mass is 10.0. The average molecular weight is 327 g/mol. The first-order valence-electron chi connectivity index (χ1n) is 7.99. The summed E-state index contributed by atoms with van der Waals surface area (Å²) < 4.78 is 26.2. The maximum atomic E-state index is 12.0. The molecule has 0 amide bonds. The highest BCUT2D eigenvalue weighted by atomic mass is 32.2. The van der Waals surface area contributed by atoms with Crippen molar-refractivity contribution in [3.63, 3.8) is 0 Å². The molecule has 2 fully saturated rings. The molecule has 0 saturated carbocycles. The van der Waals surface area contributed by atoms with Crippen LogP contribution in [0.4, 0.5) is 0 Å². The quantitative estimate of drug-likeness (QED) is 0.774. The van der Waals surface area contributed by atoms with E-state index >= 15 is 0 Å². The summed E-state index contributed by atoms with van der Waals surface area (Å²) in [5.41, 5.74) is 0. The predicted molar refractivity (Wildman–Crippen MR) is 85.5 cm³/mol. The molecule has 0 spiro atoms. The average Bonchev–Trinajstić information content (AvgIpc) is 3.08. The maximum Gasteiger partial charge on any atom is 0.153 e. The summed E-state index contributed by atoms with van der Waals surface area (Å²) in [6, 6.07) is 4.19. The molecule has 3 rings (SSSR count). The number of aryl methyl sites for hydroxylation is 1. The fourth-order valence-corrected chi connectivity index (χ4v) is 5.80. The topological polar surface area (TPSA) is 65.8 Å². The van der Waals surface area contributed by atoms with Crippen LogP contribution in [0, 0.1) is 0 Å². The molecule has 3 heterocycles. The van der Waals surface area contributed by atoms with E-state index in [1.807, 2.05) is 12.1 Å². The molecule has 124 valence electrons. The second kappa shape index (κ2) is 6.70. The van der Waals surface area contributed by atoms with Crippen LogP contribution in [0.3, 0.4) is 0 Å². The van der Waals surface area contributed by atoms with Crippen molar-refractivity contribution < 1.29 is 13.5 Å². The third kappa shape index (κ3) is 3.53. The molecule has 2 saturated heterocycles. The van der Waals surface area contributed by atoms with E-state index in [2.05, 4.69) is 26.8 Å². The molecule has 0 radical (unpaired) electrons. The first kappa shape index (κ1) is 16.0. The summed E-state index contributed by atoms with van der Waals surface area (Å²) in [6.07, 6.45) is 5.14. The van der Waals surface area contributed by atoms with Gasteiger partial charge in [0.15, 0.2) is 9.84 Å². The van der Waals surface area contributed by atoms with Gasteiger partial charge in [0.2, 0.25) is 0 Å². The summed E-state index contributed by atoms with van der Waals surface area (Å²) in [4.78, 5) is 4.49. The van der Waals surface area contributed by atoms with Gasteiger partial charge < -0.3 is 9.67 Å². The zero-order valence-corrected chi connectivity index (χ0v) is 13.7. The maximum absolute atomic E-state index is 12.0. The molecule has 2 aliphatic heterocycles. The van der Waals surface area contributed by atoms with E-state index in [0.29, 0.717) is 6.54 Å². The minimum atomic E-state index is -2.95. The lowest BCUT2D eigenvalue weighted by molar-refractivity contribution is 0.0341. The van der Waals surface area contributed by atoms with Gasteiger partial charge in [0, 0.05) is 57.2 Å². The Bertz CT molecular complexity index is 573. The van der Waals surface area contributed by atoms with Crippen LogP contribution in [-0.2, 0) is 16.4 Å². The van der Waals surface area contributed by atoms with E-state index in [1.54, 1.807) is 0 Å². The Kier molecular flexibility index (Phi) is 4.87. The molecule has 1 N–H and O–H groups in total. The molecule has 7 heteroatoms. The van der Waals surface area contributed by atoms with Crippen LogP contribution in [0.15, 0.2) is 24.5 Å². The molecule has 2 atom stereocenters. The van der Waals surface area contributed by atoms with Crippen molar-refractivity contribution in [1.29, 1.82) is 0 Å². The summed E-state index contributed by atoms with van der Waals surface area (Å²) in [6.45, 7) is 4.31. The summed E-state index contributed by atoms with van der Waals surface area (Å²) in [5, 5.41) is 9.17. The van der Waals surface area contributed by atoms with Gasteiger partial charge in [0.05, 0.1) is 18.1 Å². The lowest BCUT2D eigenvalue weighted by Gasteiger charge is -2.43. The fourth-order valence-electron chi connectivity index (χ4n) is 3.76. The highest BCUT2D eigenvalue weighted by molar-refractivity contribution is 7.91. The number of nitrogens with zero attached hydrogens (tertiary/aromatic N) is 3. The van der Waals surface area contributed by atoms with Gasteiger partial charge in [-0.25, -0.2) is 8.42 Å². The van der Waals surface area contributed by atoms with Crippen LogP contribution in [0.1, 0.15) is 6.42 Å². The number of aliphatic hydroxyl groups excluding tert-OH is 1. The minimum absolute atomic E-state index is 0.0532. The first-order chi connectivity index (χ1) is 10.6. The van der Waals surface area contributed by atoms with E-state index in [1.165, 1.54) is 0 Å². The molecule has 0 bridgehead atoms. The number of rotatable bonds is 6.